The predicted octanol–water partition coefficient (Wildman–Crippen LogP) is 8.26. The van der Waals surface area contributed by atoms with Gasteiger partial charge < -0.3 is 5.11 Å². The van der Waals surface area contributed by atoms with E-state index in [0.29, 0.717) is 0 Å². The van der Waals surface area contributed by atoms with Gasteiger partial charge in [-0.05, 0) is 31.6 Å². The number of alkyl halides is 1. The lowest BCUT2D eigenvalue weighted by Crippen LogP contribution is -2.22. The molecule has 0 saturated carbocycles. The highest BCUT2D eigenvalue weighted by molar-refractivity contribution is 6.20. The topological polar surface area (TPSA) is 20.2 Å². The molecule has 0 amide bonds. The molecule has 1 N–H and O–H groups in total. The third kappa shape index (κ3) is 18.8. The van der Waals surface area contributed by atoms with Gasteiger partial charge in [0.05, 0.1) is 6.10 Å². The molecule has 0 aromatic heterocycles. The summed E-state index contributed by atoms with van der Waals surface area (Å²) in [5.74, 6) is 0. The van der Waals surface area contributed by atoms with Crippen molar-refractivity contribution in [2.24, 2.45) is 5.41 Å². The van der Waals surface area contributed by atoms with Gasteiger partial charge in [-0.15, -0.1) is 11.6 Å². The molecule has 0 fully saturated rings. The highest BCUT2D eigenvalue weighted by atomic mass is 35.5. The lowest BCUT2D eigenvalue weighted by Gasteiger charge is -2.28. The van der Waals surface area contributed by atoms with E-state index < -0.39 is 0 Å². The van der Waals surface area contributed by atoms with E-state index in [1.807, 2.05) is 6.92 Å². The largest absolute Gasteiger partial charge is 0.393 e. The van der Waals surface area contributed by atoms with Gasteiger partial charge in [-0.25, -0.2) is 0 Å². The van der Waals surface area contributed by atoms with Gasteiger partial charge in [-0.3, -0.25) is 0 Å². The van der Waals surface area contributed by atoms with Gasteiger partial charge in [0.15, 0.2) is 0 Å². The van der Waals surface area contributed by atoms with E-state index in [4.69, 9.17) is 11.6 Å². The summed E-state index contributed by atoms with van der Waals surface area (Å²) in [7, 11) is 0. The number of aliphatic hydroxyl groups excluding tert-OH is 1. The SMILES string of the molecule is CCCCCCCCCCCCCCCC(Cl)CC(C)(C)CC(C)O. The summed E-state index contributed by atoms with van der Waals surface area (Å²) in [6, 6.07) is 0. The van der Waals surface area contributed by atoms with Crippen LogP contribution in [0.25, 0.3) is 0 Å². The monoisotopic (exact) mass is 374 g/mol. The molecule has 1 nitrogen and oxygen atoms in total. The maximum atomic E-state index is 9.56. The standard InChI is InChI=1S/C23H47ClO/c1-5-6-7-8-9-10-11-12-13-14-15-16-17-18-22(24)20-23(3,4)19-21(2)25/h21-22,25H,5-20H2,1-4H3. The molecule has 25 heavy (non-hydrogen) atoms. The van der Waals surface area contributed by atoms with Gasteiger partial charge in [0.1, 0.15) is 0 Å². The van der Waals surface area contributed by atoms with Crippen molar-refractivity contribution >= 4 is 11.6 Å². The molecule has 0 aliphatic rings. The van der Waals surface area contributed by atoms with Crippen LogP contribution in [0.3, 0.4) is 0 Å². The number of aliphatic hydroxyl groups is 1. The fourth-order valence-electron chi connectivity index (χ4n) is 3.97. The van der Waals surface area contributed by atoms with E-state index in [2.05, 4.69) is 20.8 Å². The molecule has 2 heteroatoms. The fraction of sp³-hybridized carbons (Fsp3) is 1.00. The molecule has 0 radical (unpaired) electrons. The Hall–Kier alpha value is 0.250. The van der Waals surface area contributed by atoms with Crippen molar-refractivity contribution in [1.82, 2.24) is 0 Å². The van der Waals surface area contributed by atoms with Crippen LogP contribution in [0.2, 0.25) is 0 Å². The van der Waals surface area contributed by atoms with Crippen molar-refractivity contribution in [2.75, 3.05) is 0 Å². The minimum absolute atomic E-state index is 0.150. The van der Waals surface area contributed by atoms with Crippen LogP contribution in [-0.2, 0) is 0 Å². The van der Waals surface area contributed by atoms with Crippen molar-refractivity contribution < 1.29 is 5.11 Å². The summed E-state index contributed by atoms with van der Waals surface area (Å²) < 4.78 is 0. The zero-order chi connectivity index (χ0) is 19.0. The summed E-state index contributed by atoms with van der Waals surface area (Å²) in [4.78, 5) is 0. The van der Waals surface area contributed by atoms with E-state index in [9.17, 15) is 5.11 Å². The molecule has 0 spiro atoms. The molecule has 0 saturated heterocycles. The normalized spacial score (nSPS) is 14.6. The van der Waals surface area contributed by atoms with Crippen molar-refractivity contribution in [1.29, 1.82) is 0 Å². The number of halogens is 1. The molecule has 0 aliphatic carbocycles. The highest BCUT2D eigenvalue weighted by Gasteiger charge is 2.23. The first-order valence-corrected chi connectivity index (χ1v) is 11.6. The summed E-state index contributed by atoms with van der Waals surface area (Å²) in [6.07, 6.45) is 20.9. The maximum Gasteiger partial charge on any atom is 0.0517 e. The quantitative estimate of drug-likeness (QED) is 0.189. The zero-order valence-electron chi connectivity index (χ0n) is 17.8. The van der Waals surface area contributed by atoms with Crippen LogP contribution < -0.4 is 0 Å². The van der Waals surface area contributed by atoms with Gasteiger partial charge in [0, 0.05) is 5.38 Å². The van der Waals surface area contributed by atoms with Crippen LogP contribution in [0.4, 0.5) is 0 Å². The highest BCUT2D eigenvalue weighted by Crippen LogP contribution is 2.32. The zero-order valence-corrected chi connectivity index (χ0v) is 18.5. The smallest absolute Gasteiger partial charge is 0.0517 e. The second-order valence-corrected chi connectivity index (χ2v) is 9.67. The van der Waals surface area contributed by atoms with Crippen LogP contribution in [0.5, 0.6) is 0 Å². The third-order valence-electron chi connectivity index (χ3n) is 5.24. The predicted molar refractivity (Wildman–Crippen MR) is 115 cm³/mol. The Labute approximate surface area is 164 Å². The summed E-state index contributed by atoms with van der Waals surface area (Å²) >= 11 is 6.51. The van der Waals surface area contributed by atoms with Crippen molar-refractivity contribution in [3.8, 4) is 0 Å². The molecule has 0 aromatic carbocycles. The number of hydrogen-bond donors (Lipinski definition) is 1. The van der Waals surface area contributed by atoms with Crippen molar-refractivity contribution in [2.45, 2.75) is 142 Å². The van der Waals surface area contributed by atoms with Crippen LogP contribution >= 0.6 is 11.6 Å². The molecule has 2 unspecified atom stereocenters. The van der Waals surface area contributed by atoms with Crippen LogP contribution in [0, 0.1) is 5.41 Å². The molecule has 0 aliphatic heterocycles. The minimum atomic E-state index is -0.227. The molecule has 0 heterocycles. The molecule has 0 rings (SSSR count). The summed E-state index contributed by atoms with van der Waals surface area (Å²) in [5.41, 5.74) is 0.150. The number of rotatable bonds is 18. The molecular weight excluding hydrogens is 328 g/mol. The number of hydrogen-bond acceptors (Lipinski definition) is 1. The van der Waals surface area contributed by atoms with E-state index in [0.717, 1.165) is 19.3 Å². The average molecular weight is 375 g/mol. The van der Waals surface area contributed by atoms with Crippen LogP contribution in [0.15, 0.2) is 0 Å². The lowest BCUT2D eigenvalue weighted by molar-refractivity contribution is 0.123. The fourth-order valence-corrected chi connectivity index (χ4v) is 4.54. The Morgan fingerprint density at radius 1 is 0.720 bits per heavy atom. The Balaban J connectivity index is 3.35. The second-order valence-electron chi connectivity index (χ2n) is 9.05. The van der Waals surface area contributed by atoms with Crippen LogP contribution in [0.1, 0.15) is 130 Å². The van der Waals surface area contributed by atoms with Gasteiger partial charge in [0.25, 0.3) is 0 Å². The Bertz CT molecular complexity index is 275. The van der Waals surface area contributed by atoms with Gasteiger partial charge in [-0.2, -0.15) is 0 Å². The first-order chi connectivity index (χ1) is 11.9. The molecule has 0 aromatic rings. The Kier molecular flexibility index (Phi) is 16.6. The molecular formula is C23H47ClO. The van der Waals surface area contributed by atoms with Crippen LogP contribution in [-0.4, -0.2) is 16.6 Å². The summed E-state index contributed by atoms with van der Waals surface area (Å²) in [6.45, 7) is 8.60. The molecule has 2 atom stereocenters. The maximum absolute atomic E-state index is 9.56. The first kappa shape index (κ1) is 25.2. The van der Waals surface area contributed by atoms with Gasteiger partial charge in [-0.1, -0.05) is 104 Å². The molecule has 0 bridgehead atoms. The van der Waals surface area contributed by atoms with Crippen molar-refractivity contribution in [3.63, 3.8) is 0 Å². The van der Waals surface area contributed by atoms with E-state index in [1.165, 1.54) is 83.5 Å². The molecule has 152 valence electrons. The number of unbranched alkanes of at least 4 members (excludes halogenated alkanes) is 12. The third-order valence-corrected chi connectivity index (χ3v) is 5.62. The average Bonchev–Trinajstić information content (AvgIpc) is 2.50. The van der Waals surface area contributed by atoms with E-state index in [-0.39, 0.29) is 16.9 Å². The summed E-state index contributed by atoms with van der Waals surface area (Å²) in [5, 5.41) is 9.82. The van der Waals surface area contributed by atoms with E-state index in [1.54, 1.807) is 0 Å². The van der Waals surface area contributed by atoms with Gasteiger partial charge in [0.2, 0.25) is 0 Å². The first-order valence-electron chi connectivity index (χ1n) is 11.2. The minimum Gasteiger partial charge on any atom is -0.393 e. The Morgan fingerprint density at radius 3 is 1.52 bits per heavy atom. The van der Waals surface area contributed by atoms with E-state index >= 15 is 0 Å². The van der Waals surface area contributed by atoms with Crippen molar-refractivity contribution in [3.05, 3.63) is 0 Å². The lowest BCUT2D eigenvalue weighted by atomic mass is 9.81. The second kappa shape index (κ2) is 16.4. The van der Waals surface area contributed by atoms with Gasteiger partial charge >= 0.3 is 0 Å². The Morgan fingerprint density at radius 2 is 1.12 bits per heavy atom.